The van der Waals surface area contributed by atoms with Crippen LogP contribution < -0.4 is 10.6 Å². The number of unbranched alkanes of at least 4 members (excludes halogenated alkanes) is 1. The fraction of sp³-hybridized carbons (Fsp3) is 0.929. The second-order valence-electron chi connectivity index (χ2n) is 5.69. The van der Waals surface area contributed by atoms with E-state index in [1.807, 2.05) is 20.8 Å². The Hall–Kier alpha value is -0.610. The Morgan fingerprint density at radius 3 is 2.39 bits per heavy atom. The Kier molecular flexibility index (Phi) is 8.20. The second kappa shape index (κ2) is 8.48. The summed E-state index contributed by atoms with van der Waals surface area (Å²) in [6.45, 7) is 12.9. The molecule has 0 aliphatic rings. The summed E-state index contributed by atoms with van der Waals surface area (Å²) in [5.74, 6) is 0.0848. The molecule has 4 heteroatoms. The molecule has 0 aromatic rings. The van der Waals surface area contributed by atoms with Crippen molar-refractivity contribution in [2.75, 3.05) is 26.7 Å². The highest BCUT2D eigenvalue weighted by molar-refractivity contribution is 5.85. The zero-order chi connectivity index (χ0) is 14.2. The summed E-state index contributed by atoms with van der Waals surface area (Å²) < 4.78 is 0. The zero-order valence-electron chi connectivity index (χ0n) is 13.0. The summed E-state index contributed by atoms with van der Waals surface area (Å²) >= 11 is 0. The minimum absolute atomic E-state index is 0.0848. The fourth-order valence-electron chi connectivity index (χ4n) is 1.69. The van der Waals surface area contributed by atoms with Gasteiger partial charge in [0.1, 0.15) is 0 Å². The van der Waals surface area contributed by atoms with Gasteiger partial charge in [0.25, 0.3) is 0 Å². The molecule has 2 N–H and O–H groups in total. The number of carbonyl (C=O) groups excluding carboxylic acids is 1. The molecule has 0 aliphatic heterocycles. The van der Waals surface area contributed by atoms with Crippen LogP contribution in [0.2, 0.25) is 0 Å². The summed E-state index contributed by atoms with van der Waals surface area (Å²) in [5.41, 5.74) is -0.469. The van der Waals surface area contributed by atoms with E-state index >= 15 is 0 Å². The highest BCUT2D eigenvalue weighted by atomic mass is 16.2. The predicted octanol–water partition coefficient (Wildman–Crippen LogP) is 1.61. The lowest BCUT2D eigenvalue weighted by Gasteiger charge is -2.24. The normalized spacial score (nSPS) is 12.2. The molecule has 0 saturated carbocycles. The van der Waals surface area contributed by atoms with Crippen LogP contribution in [-0.2, 0) is 4.79 Å². The minimum atomic E-state index is -0.469. The molecular formula is C14H31N3O. The van der Waals surface area contributed by atoms with Crippen molar-refractivity contribution in [3.63, 3.8) is 0 Å². The van der Waals surface area contributed by atoms with Gasteiger partial charge in [-0.15, -0.1) is 0 Å². The van der Waals surface area contributed by atoms with E-state index < -0.39 is 5.54 Å². The van der Waals surface area contributed by atoms with E-state index in [1.165, 1.54) is 0 Å². The van der Waals surface area contributed by atoms with E-state index in [1.54, 1.807) is 0 Å². The van der Waals surface area contributed by atoms with Gasteiger partial charge in [-0.25, -0.2) is 0 Å². The third-order valence-corrected chi connectivity index (χ3v) is 3.29. The maximum atomic E-state index is 11.9. The highest BCUT2D eigenvalue weighted by Crippen LogP contribution is 2.02. The molecule has 0 bridgehead atoms. The Bertz CT molecular complexity index is 239. The van der Waals surface area contributed by atoms with Gasteiger partial charge in [-0.05, 0) is 60.7 Å². The van der Waals surface area contributed by atoms with Crippen LogP contribution in [0.25, 0.3) is 0 Å². The zero-order valence-corrected chi connectivity index (χ0v) is 13.0. The van der Waals surface area contributed by atoms with E-state index in [2.05, 4.69) is 36.4 Å². The Labute approximate surface area is 113 Å². The lowest BCUT2D eigenvalue weighted by Crippen LogP contribution is -2.52. The number of nitrogens with one attached hydrogen (secondary N) is 2. The summed E-state index contributed by atoms with van der Waals surface area (Å²) in [6.07, 6.45) is 2.15. The molecule has 0 spiro atoms. The Balaban J connectivity index is 3.70. The Morgan fingerprint density at radius 1 is 1.28 bits per heavy atom. The first kappa shape index (κ1) is 17.4. The molecule has 0 atom stereocenters. The summed E-state index contributed by atoms with van der Waals surface area (Å²) in [7, 11) is 2.14. The lowest BCUT2D eigenvalue weighted by molar-refractivity contribution is -0.126. The number of hydrogen-bond donors (Lipinski definition) is 2. The smallest absolute Gasteiger partial charge is 0.239 e. The maximum Gasteiger partial charge on any atom is 0.239 e. The van der Waals surface area contributed by atoms with Gasteiger partial charge in [-0.2, -0.15) is 0 Å². The molecule has 0 saturated heterocycles. The highest BCUT2D eigenvalue weighted by Gasteiger charge is 2.25. The molecule has 0 rings (SSSR count). The lowest BCUT2D eigenvalue weighted by atomic mass is 10.0. The molecule has 0 fully saturated rings. The molecule has 4 nitrogen and oxygen atoms in total. The average molecular weight is 257 g/mol. The van der Waals surface area contributed by atoms with Gasteiger partial charge in [-0.1, -0.05) is 6.92 Å². The first-order chi connectivity index (χ1) is 8.31. The van der Waals surface area contributed by atoms with Gasteiger partial charge in [-0.3, -0.25) is 4.79 Å². The molecule has 0 radical (unpaired) electrons. The van der Waals surface area contributed by atoms with Crippen LogP contribution in [0.4, 0.5) is 0 Å². The van der Waals surface area contributed by atoms with Gasteiger partial charge in [0.2, 0.25) is 5.91 Å². The third kappa shape index (κ3) is 6.97. The molecule has 0 aliphatic carbocycles. The SMILES string of the molecule is CCNC(C)(C)C(=O)NCCCCN(C)C(C)C. The molecule has 0 aromatic carbocycles. The van der Waals surface area contributed by atoms with Crippen molar-refractivity contribution in [3.05, 3.63) is 0 Å². The van der Waals surface area contributed by atoms with Crippen LogP contribution >= 0.6 is 0 Å². The molecule has 0 unspecified atom stereocenters. The maximum absolute atomic E-state index is 11.9. The third-order valence-electron chi connectivity index (χ3n) is 3.29. The first-order valence-electron chi connectivity index (χ1n) is 7.04. The number of likely N-dealkylation sites (N-methyl/N-ethyl adjacent to an activating group) is 1. The molecular weight excluding hydrogens is 226 g/mol. The monoisotopic (exact) mass is 257 g/mol. The predicted molar refractivity (Wildman–Crippen MR) is 77.8 cm³/mol. The van der Waals surface area contributed by atoms with Crippen LogP contribution in [0.15, 0.2) is 0 Å². The molecule has 18 heavy (non-hydrogen) atoms. The first-order valence-corrected chi connectivity index (χ1v) is 7.04. The minimum Gasteiger partial charge on any atom is -0.355 e. The van der Waals surface area contributed by atoms with Crippen molar-refractivity contribution in [3.8, 4) is 0 Å². The van der Waals surface area contributed by atoms with Crippen LogP contribution in [0.1, 0.15) is 47.5 Å². The number of amides is 1. The Morgan fingerprint density at radius 2 is 1.89 bits per heavy atom. The van der Waals surface area contributed by atoms with Crippen molar-refractivity contribution in [1.82, 2.24) is 15.5 Å². The molecule has 0 heterocycles. The van der Waals surface area contributed by atoms with Gasteiger partial charge in [0.15, 0.2) is 0 Å². The van der Waals surface area contributed by atoms with E-state index in [-0.39, 0.29) is 5.91 Å². The van der Waals surface area contributed by atoms with E-state index in [0.717, 1.165) is 32.5 Å². The number of carbonyl (C=O) groups is 1. The van der Waals surface area contributed by atoms with Gasteiger partial charge < -0.3 is 15.5 Å². The summed E-state index contributed by atoms with van der Waals surface area (Å²) in [6, 6.07) is 0.590. The number of rotatable bonds is 9. The van der Waals surface area contributed by atoms with Crippen molar-refractivity contribution in [1.29, 1.82) is 0 Å². The largest absolute Gasteiger partial charge is 0.355 e. The number of nitrogens with zero attached hydrogens (tertiary/aromatic N) is 1. The van der Waals surface area contributed by atoms with Crippen molar-refractivity contribution >= 4 is 5.91 Å². The van der Waals surface area contributed by atoms with E-state index in [0.29, 0.717) is 6.04 Å². The van der Waals surface area contributed by atoms with Crippen LogP contribution in [-0.4, -0.2) is 49.1 Å². The fourth-order valence-corrected chi connectivity index (χ4v) is 1.69. The second-order valence-corrected chi connectivity index (χ2v) is 5.69. The van der Waals surface area contributed by atoms with Crippen molar-refractivity contribution < 1.29 is 4.79 Å². The summed E-state index contributed by atoms with van der Waals surface area (Å²) in [4.78, 5) is 14.2. The molecule has 0 aromatic heterocycles. The average Bonchev–Trinajstić information content (AvgIpc) is 2.27. The van der Waals surface area contributed by atoms with Crippen LogP contribution in [0, 0.1) is 0 Å². The van der Waals surface area contributed by atoms with E-state index in [9.17, 15) is 4.79 Å². The quantitative estimate of drug-likeness (QED) is 0.617. The summed E-state index contributed by atoms with van der Waals surface area (Å²) in [5, 5.41) is 6.17. The van der Waals surface area contributed by atoms with Crippen LogP contribution in [0.3, 0.4) is 0 Å². The van der Waals surface area contributed by atoms with Crippen molar-refractivity contribution in [2.24, 2.45) is 0 Å². The van der Waals surface area contributed by atoms with Crippen molar-refractivity contribution in [2.45, 2.75) is 59.0 Å². The molecule has 1 amide bonds. The van der Waals surface area contributed by atoms with Gasteiger partial charge >= 0.3 is 0 Å². The van der Waals surface area contributed by atoms with Crippen LogP contribution in [0.5, 0.6) is 0 Å². The van der Waals surface area contributed by atoms with E-state index in [4.69, 9.17) is 0 Å². The van der Waals surface area contributed by atoms with Gasteiger partial charge in [0, 0.05) is 12.6 Å². The number of hydrogen-bond acceptors (Lipinski definition) is 3. The molecule has 108 valence electrons. The standard InChI is InChI=1S/C14H31N3O/c1-7-16-14(4,5)13(18)15-10-8-9-11-17(6)12(2)3/h12,16H,7-11H2,1-6H3,(H,15,18). The topological polar surface area (TPSA) is 44.4 Å². The van der Waals surface area contributed by atoms with Gasteiger partial charge in [0.05, 0.1) is 5.54 Å².